The van der Waals surface area contributed by atoms with Crippen molar-refractivity contribution in [2.24, 2.45) is 0 Å². The Balaban J connectivity index is 0.993. The lowest BCUT2D eigenvalue weighted by Gasteiger charge is -2.39. The minimum Gasteiger partial charge on any atom is -0.494 e. The Bertz CT molecular complexity index is 1400. The molecule has 0 amide bonds. The van der Waals surface area contributed by atoms with E-state index in [1.165, 1.54) is 34.0 Å². The Labute approximate surface area is 235 Å². The minimum absolute atomic E-state index is 0.219. The molecule has 1 aliphatic carbocycles. The molecule has 0 radical (unpaired) electrons. The summed E-state index contributed by atoms with van der Waals surface area (Å²) >= 11 is 0. The zero-order valence-electron chi connectivity index (χ0n) is 22.6. The fraction of sp³-hybridized carbons (Fsp3) is 0.250. The van der Waals surface area contributed by atoms with Crippen LogP contribution in [0.1, 0.15) is 35.1 Å². The molecule has 3 aromatic rings. The van der Waals surface area contributed by atoms with Gasteiger partial charge in [0.1, 0.15) is 12.4 Å². The maximum absolute atomic E-state index is 9.93. The number of piperidine rings is 1. The second-order valence-electron chi connectivity index (χ2n) is 10.7. The van der Waals surface area contributed by atoms with E-state index in [9.17, 15) is 10.2 Å². The lowest BCUT2D eigenvalue weighted by Crippen LogP contribution is -2.40. The first-order chi connectivity index (χ1) is 19.5. The van der Waals surface area contributed by atoms with E-state index in [-0.39, 0.29) is 17.3 Å². The first-order valence-corrected chi connectivity index (χ1v) is 13.6. The second-order valence-corrected chi connectivity index (χ2v) is 10.7. The second kappa shape index (κ2) is 11.1. The number of allylic oxidation sites excluding steroid dienone is 1. The molecule has 0 atom stereocenters. The van der Waals surface area contributed by atoms with E-state index < -0.39 is 7.12 Å². The first kappa shape index (κ1) is 26.0. The zero-order chi connectivity index (χ0) is 27.5. The Morgan fingerprint density at radius 2 is 1.50 bits per heavy atom. The van der Waals surface area contributed by atoms with E-state index >= 15 is 0 Å². The van der Waals surface area contributed by atoms with Crippen LogP contribution in [-0.2, 0) is 27.9 Å². The number of aliphatic hydroxyl groups is 2. The number of hydrogen-bond donors (Lipinski definition) is 2. The van der Waals surface area contributed by atoms with Gasteiger partial charge in [-0.1, -0.05) is 72.8 Å². The van der Waals surface area contributed by atoms with Crippen molar-refractivity contribution in [3.05, 3.63) is 125 Å². The monoisotopic (exact) mass is 536 g/mol. The van der Waals surface area contributed by atoms with Crippen LogP contribution < -0.4 is 10.2 Å². The van der Waals surface area contributed by atoms with Gasteiger partial charge in [-0.15, -0.1) is 0 Å². The molecule has 1 saturated heterocycles. The minimum atomic E-state index is -0.987. The summed E-state index contributed by atoms with van der Waals surface area (Å²) in [6.07, 6.45) is 9.73. The maximum atomic E-state index is 9.93. The lowest BCUT2D eigenvalue weighted by molar-refractivity contribution is 0.124. The largest absolute Gasteiger partial charge is 0.636 e. The standard InChI is InChI=1S/C32H33BN2O5/c1-34-21-30(36)39-33(40-31(37)22-34)27-10-12-28(13-11-27)38-23-25-8-6-24(7-9-25)20-35-18-16-32(17-19-35)15-14-26-4-2-3-5-29(26)32/h2-15,21-22,36-37H,16-20,23H2,1H3/b30-21-,31-22?. The van der Waals surface area contributed by atoms with Crippen LogP contribution in [-0.4, -0.2) is 47.3 Å². The van der Waals surface area contributed by atoms with Crippen molar-refractivity contribution in [3.63, 3.8) is 0 Å². The molecular weight excluding hydrogens is 503 g/mol. The van der Waals surface area contributed by atoms with Gasteiger partial charge in [-0.3, -0.25) is 4.90 Å². The highest BCUT2D eigenvalue weighted by atomic mass is 16.7. The summed E-state index contributed by atoms with van der Waals surface area (Å²) in [5.74, 6) is 0.0599. The Kier molecular flexibility index (Phi) is 7.18. The molecule has 0 aromatic heterocycles. The predicted molar refractivity (Wildman–Crippen MR) is 156 cm³/mol. The molecule has 1 fully saturated rings. The van der Waals surface area contributed by atoms with Crippen LogP contribution in [0.3, 0.4) is 0 Å². The van der Waals surface area contributed by atoms with Crippen molar-refractivity contribution in [1.29, 1.82) is 0 Å². The van der Waals surface area contributed by atoms with E-state index in [0.717, 1.165) is 38.0 Å². The van der Waals surface area contributed by atoms with Crippen LogP contribution in [0.5, 0.6) is 5.75 Å². The van der Waals surface area contributed by atoms with E-state index in [0.29, 0.717) is 17.8 Å². The number of nitrogens with zero attached hydrogens (tertiary/aromatic N) is 2. The summed E-state index contributed by atoms with van der Waals surface area (Å²) < 4.78 is 16.8. The van der Waals surface area contributed by atoms with Crippen molar-refractivity contribution in [2.75, 3.05) is 20.1 Å². The molecule has 7 nitrogen and oxygen atoms in total. The molecule has 0 bridgehead atoms. The number of benzene rings is 3. The van der Waals surface area contributed by atoms with Gasteiger partial charge in [0.15, 0.2) is 0 Å². The molecule has 0 saturated carbocycles. The third-order valence-electron chi connectivity index (χ3n) is 7.90. The molecule has 204 valence electrons. The molecule has 3 aromatic carbocycles. The molecule has 0 unspecified atom stereocenters. The van der Waals surface area contributed by atoms with Crippen molar-refractivity contribution in [1.82, 2.24) is 9.80 Å². The van der Waals surface area contributed by atoms with Crippen molar-refractivity contribution < 1.29 is 24.3 Å². The van der Waals surface area contributed by atoms with E-state index in [1.807, 2.05) is 12.1 Å². The molecule has 8 heteroatoms. The summed E-state index contributed by atoms with van der Waals surface area (Å²) in [6.45, 7) is 3.60. The van der Waals surface area contributed by atoms with E-state index in [4.69, 9.17) is 14.0 Å². The number of fused-ring (bicyclic) bond motifs is 2. The topological polar surface area (TPSA) is 74.6 Å². The average Bonchev–Trinajstić information content (AvgIpc) is 3.31. The van der Waals surface area contributed by atoms with Gasteiger partial charge in [-0.2, -0.15) is 0 Å². The van der Waals surface area contributed by atoms with Crippen molar-refractivity contribution in [3.8, 4) is 5.75 Å². The fourth-order valence-corrected chi connectivity index (χ4v) is 5.69. The van der Waals surface area contributed by atoms with Crippen LogP contribution in [0.4, 0.5) is 0 Å². The van der Waals surface area contributed by atoms with E-state index in [1.54, 1.807) is 19.2 Å². The number of likely N-dealkylation sites (tertiary alicyclic amines) is 1. The predicted octanol–water partition coefficient (Wildman–Crippen LogP) is 5.21. The highest BCUT2D eigenvalue weighted by Gasteiger charge is 2.37. The molecule has 3 aliphatic rings. The molecule has 6 rings (SSSR count). The highest BCUT2D eigenvalue weighted by Crippen LogP contribution is 2.43. The third-order valence-corrected chi connectivity index (χ3v) is 7.90. The van der Waals surface area contributed by atoms with Gasteiger partial charge < -0.3 is 29.2 Å². The Morgan fingerprint density at radius 3 is 2.20 bits per heavy atom. The van der Waals surface area contributed by atoms with Crippen LogP contribution in [0.25, 0.3) is 6.08 Å². The van der Waals surface area contributed by atoms with Crippen molar-refractivity contribution >= 4 is 18.7 Å². The molecule has 2 N–H and O–H groups in total. The summed E-state index contributed by atoms with van der Waals surface area (Å²) in [5.41, 5.74) is 6.13. The molecule has 1 spiro atoms. The summed E-state index contributed by atoms with van der Waals surface area (Å²) in [4.78, 5) is 3.99. The number of hydrogen-bond acceptors (Lipinski definition) is 7. The Morgan fingerprint density at radius 1 is 0.850 bits per heavy atom. The van der Waals surface area contributed by atoms with Gasteiger partial charge >= 0.3 is 7.12 Å². The van der Waals surface area contributed by atoms with Crippen molar-refractivity contribution in [2.45, 2.75) is 31.4 Å². The lowest BCUT2D eigenvalue weighted by atomic mass is 9.74. The molecular formula is C32H33BN2O5. The summed E-state index contributed by atoms with van der Waals surface area (Å²) in [7, 11) is 0.647. The summed E-state index contributed by atoms with van der Waals surface area (Å²) in [6, 6.07) is 24.6. The van der Waals surface area contributed by atoms with Gasteiger partial charge in [0.25, 0.3) is 11.9 Å². The number of rotatable bonds is 6. The number of ether oxygens (including phenoxy) is 1. The highest BCUT2D eigenvalue weighted by molar-refractivity contribution is 6.61. The number of aliphatic hydroxyl groups excluding tert-OH is 2. The van der Waals surface area contributed by atoms with Gasteiger partial charge in [0.2, 0.25) is 0 Å². The van der Waals surface area contributed by atoms with E-state index in [2.05, 4.69) is 65.6 Å². The zero-order valence-corrected chi connectivity index (χ0v) is 22.6. The van der Waals surface area contributed by atoms with Gasteiger partial charge in [0.05, 0.1) is 12.4 Å². The van der Waals surface area contributed by atoms with Gasteiger partial charge in [-0.05, 0) is 60.3 Å². The van der Waals surface area contributed by atoms with Gasteiger partial charge in [-0.25, -0.2) is 0 Å². The third kappa shape index (κ3) is 5.67. The van der Waals surface area contributed by atoms with Crippen LogP contribution in [0.2, 0.25) is 0 Å². The summed E-state index contributed by atoms with van der Waals surface area (Å²) in [5, 5.41) is 19.9. The Hall–Kier alpha value is -4.30. The quantitative estimate of drug-likeness (QED) is 0.419. The van der Waals surface area contributed by atoms with Crippen LogP contribution >= 0.6 is 0 Å². The maximum Gasteiger partial charge on any atom is 0.636 e. The first-order valence-electron chi connectivity index (χ1n) is 13.6. The SMILES string of the molecule is CN1C=C(O)OB(c2ccc(OCc3ccc(CN4CCC5(C=Cc6ccccc65)CC4)cc3)cc2)O/C(O)=C\1. The molecule has 2 aliphatic heterocycles. The smallest absolute Gasteiger partial charge is 0.494 e. The average molecular weight is 536 g/mol. The normalized spacial score (nSPS) is 19.5. The molecule has 40 heavy (non-hydrogen) atoms. The van der Waals surface area contributed by atoms with Crippen LogP contribution in [0, 0.1) is 0 Å². The molecule has 2 heterocycles. The van der Waals surface area contributed by atoms with Crippen LogP contribution in [0.15, 0.2) is 103 Å². The van der Waals surface area contributed by atoms with Gasteiger partial charge in [0, 0.05) is 24.5 Å². The fourth-order valence-electron chi connectivity index (χ4n) is 5.69.